The number of rotatable bonds is 8. The summed E-state index contributed by atoms with van der Waals surface area (Å²) in [6.07, 6.45) is 0. The Labute approximate surface area is 357 Å². The van der Waals surface area contributed by atoms with E-state index < -0.39 is 0 Å². The van der Waals surface area contributed by atoms with Gasteiger partial charge in [0, 0.05) is 17.1 Å². The van der Waals surface area contributed by atoms with Crippen molar-refractivity contribution in [2.45, 2.75) is 0 Å². The highest BCUT2D eigenvalue weighted by Crippen LogP contribution is 2.50. The van der Waals surface area contributed by atoms with E-state index in [2.05, 4.69) is 254 Å². The van der Waals surface area contributed by atoms with E-state index in [-0.39, 0.29) is 0 Å². The van der Waals surface area contributed by atoms with Crippen LogP contribution < -0.4 is 4.90 Å². The van der Waals surface area contributed by atoms with Crippen LogP contribution >= 0.6 is 0 Å². The second-order valence-electron chi connectivity index (χ2n) is 15.6. The summed E-state index contributed by atoms with van der Waals surface area (Å²) in [4.78, 5) is 2.40. The normalized spacial score (nSPS) is 11.3. The number of anilines is 3. The molecular weight excluding hydrogens is 735 g/mol. The molecule has 1 nitrogen and oxygen atoms in total. The van der Waals surface area contributed by atoms with E-state index in [0.717, 1.165) is 17.1 Å². The SMILES string of the molecule is c1ccc(-c2ccc(N(c3ccc(-c4ccccc4)cc3)c3ccc4c(c3)c3ccccc3c3c(-c5ccccc5)cc(-c5ccccc5)c(-c5ccccc5)c43)cc2)cc1. The van der Waals surface area contributed by atoms with Gasteiger partial charge >= 0.3 is 0 Å². The topological polar surface area (TPSA) is 3.24 Å². The van der Waals surface area contributed by atoms with Crippen LogP contribution in [0.4, 0.5) is 17.1 Å². The van der Waals surface area contributed by atoms with Gasteiger partial charge < -0.3 is 4.90 Å². The van der Waals surface area contributed by atoms with E-state index in [4.69, 9.17) is 0 Å². The van der Waals surface area contributed by atoms with Crippen molar-refractivity contribution >= 4 is 49.4 Å². The molecule has 11 rings (SSSR count). The minimum Gasteiger partial charge on any atom is -0.310 e. The van der Waals surface area contributed by atoms with Crippen molar-refractivity contribution in [3.63, 3.8) is 0 Å². The minimum absolute atomic E-state index is 1.10. The summed E-state index contributed by atoms with van der Waals surface area (Å²) >= 11 is 0. The Morgan fingerprint density at radius 3 is 1.10 bits per heavy atom. The predicted octanol–water partition coefficient (Wildman–Crippen LogP) is 17.0. The zero-order valence-corrected chi connectivity index (χ0v) is 33.6. The monoisotopic (exact) mass is 775 g/mol. The third kappa shape index (κ3) is 6.63. The fraction of sp³-hybridized carbons (Fsp3) is 0. The molecule has 0 N–H and O–H groups in total. The summed E-state index contributed by atoms with van der Waals surface area (Å²) < 4.78 is 0. The maximum atomic E-state index is 2.43. The average Bonchev–Trinajstić information content (AvgIpc) is 3.35. The Hall–Kier alpha value is -8.00. The highest BCUT2D eigenvalue weighted by atomic mass is 15.1. The third-order valence-electron chi connectivity index (χ3n) is 12.0. The van der Waals surface area contributed by atoms with Gasteiger partial charge in [0.05, 0.1) is 0 Å². The van der Waals surface area contributed by atoms with Crippen LogP contribution in [0, 0.1) is 0 Å². The molecule has 1 heteroatoms. The molecule has 0 spiro atoms. The van der Waals surface area contributed by atoms with Crippen LogP contribution in [-0.2, 0) is 0 Å². The summed E-state index contributed by atoms with van der Waals surface area (Å²) in [5.41, 5.74) is 15.4. The molecule has 0 radical (unpaired) electrons. The van der Waals surface area contributed by atoms with E-state index in [0.29, 0.717) is 0 Å². The first-order chi connectivity index (χ1) is 30.3. The largest absolute Gasteiger partial charge is 0.310 e. The van der Waals surface area contributed by atoms with E-state index in [9.17, 15) is 0 Å². The first-order valence-corrected chi connectivity index (χ1v) is 21.0. The van der Waals surface area contributed by atoms with E-state index in [1.807, 2.05) is 0 Å². The van der Waals surface area contributed by atoms with Crippen molar-refractivity contribution in [3.8, 4) is 55.6 Å². The maximum absolute atomic E-state index is 2.43. The van der Waals surface area contributed by atoms with Gasteiger partial charge in [-0.05, 0) is 130 Å². The van der Waals surface area contributed by atoms with Crippen molar-refractivity contribution in [1.29, 1.82) is 0 Å². The van der Waals surface area contributed by atoms with Gasteiger partial charge in [-0.15, -0.1) is 0 Å². The lowest BCUT2D eigenvalue weighted by molar-refractivity contribution is 1.29. The average molecular weight is 776 g/mol. The fourth-order valence-corrected chi connectivity index (χ4v) is 9.19. The van der Waals surface area contributed by atoms with Gasteiger partial charge in [0.1, 0.15) is 0 Å². The molecule has 11 aromatic rings. The summed E-state index contributed by atoms with van der Waals surface area (Å²) in [5.74, 6) is 0. The van der Waals surface area contributed by atoms with Gasteiger partial charge in [0.25, 0.3) is 0 Å². The molecule has 0 aromatic heterocycles. The molecule has 61 heavy (non-hydrogen) atoms. The van der Waals surface area contributed by atoms with Gasteiger partial charge in [-0.2, -0.15) is 0 Å². The Morgan fingerprint density at radius 1 is 0.213 bits per heavy atom. The van der Waals surface area contributed by atoms with Crippen LogP contribution in [0.25, 0.3) is 88.0 Å². The van der Waals surface area contributed by atoms with Crippen LogP contribution in [0.2, 0.25) is 0 Å². The molecule has 0 fully saturated rings. The van der Waals surface area contributed by atoms with Crippen LogP contribution in [0.3, 0.4) is 0 Å². The molecule has 0 heterocycles. The smallest absolute Gasteiger partial charge is 0.0468 e. The molecule has 0 unspecified atom stereocenters. The Bertz CT molecular complexity index is 3200. The zero-order valence-electron chi connectivity index (χ0n) is 33.6. The number of nitrogens with zero attached hydrogens (tertiary/aromatic N) is 1. The van der Waals surface area contributed by atoms with Crippen molar-refractivity contribution in [3.05, 3.63) is 249 Å². The molecule has 0 amide bonds. The number of fused-ring (bicyclic) bond motifs is 6. The molecule has 286 valence electrons. The van der Waals surface area contributed by atoms with Crippen molar-refractivity contribution in [2.75, 3.05) is 4.90 Å². The van der Waals surface area contributed by atoms with Gasteiger partial charge in [-0.25, -0.2) is 0 Å². The minimum atomic E-state index is 1.10. The van der Waals surface area contributed by atoms with Gasteiger partial charge in [0.15, 0.2) is 0 Å². The lowest BCUT2D eigenvalue weighted by Crippen LogP contribution is -2.10. The zero-order chi connectivity index (χ0) is 40.5. The molecule has 11 aromatic carbocycles. The second kappa shape index (κ2) is 15.6. The molecule has 0 saturated heterocycles. The number of benzene rings is 11. The first-order valence-electron chi connectivity index (χ1n) is 21.0. The molecule has 0 aliphatic heterocycles. The first kappa shape index (κ1) is 36.1. The summed E-state index contributed by atoms with van der Waals surface area (Å²) in [6.45, 7) is 0. The predicted molar refractivity (Wildman–Crippen MR) is 261 cm³/mol. The quantitative estimate of drug-likeness (QED) is 0.139. The number of hydrogen-bond donors (Lipinski definition) is 0. The molecule has 0 aliphatic carbocycles. The molecule has 0 atom stereocenters. The van der Waals surface area contributed by atoms with Gasteiger partial charge in [-0.3, -0.25) is 0 Å². The van der Waals surface area contributed by atoms with Crippen molar-refractivity contribution < 1.29 is 0 Å². The summed E-state index contributed by atoms with van der Waals surface area (Å²) in [7, 11) is 0. The number of hydrogen-bond acceptors (Lipinski definition) is 1. The molecule has 0 aliphatic rings. The molecule has 0 bridgehead atoms. The van der Waals surface area contributed by atoms with Crippen molar-refractivity contribution in [1.82, 2.24) is 0 Å². The highest BCUT2D eigenvalue weighted by Gasteiger charge is 2.23. The Kier molecular flexibility index (Phi) is 9.26. The standard InChI is InChI=1S/C60H41N/c1-6-18-42(19-7-1)44-30-34-49(35-31-44)61(50-36-32-45(33-37-50)43-20-8-2-9-21-43)51-38-39-54-57(40-51)52-28-16-17-29-53(52)59-56(47-24-12-4-13-25-47)41-55(46-22-10-3-11-23-46)58(60(54)59)48-26-14-5-15-27-48/h1-41H. The Morgan fingerprint density at radius 2 is 0.590 bits per heavy atom. The van der Waals surface area contributed by atoms with Crippen LogP contribution in [0.1, 0.15) is 0 Å². The van der Waals surface area contributed by atoms with Gasteiger partial charge in [0.2, 0.25) is 0 Å². The second-order valence-corrected chi connectivity index (χ2v) is 15.6. The summed E-state index contributed by atoms with van der Waals surface area (Å²) in [5, 5.41) is 7.44. The van der Waals surface area contributed by atoms with Crippen molar-refractivity contribution in [2.24, 2.45) is 0 Å². The fourth-order valence-electron chi connectivity index (χ4n) is 9.19. The van der Waals surface area contributed by atoms with E-state index >= 15 is 0 Å². The van der Waals surface area contributed by atoms with E-state index in [1.54, 1.807) is 0 Å². The van der Waals surface area contributed by atoms with Gasteiger partial charge in [-0.1, -0.05) is 206 Å². The van der Waals surface area contributed by atoms with Crippen LogP contribution in [0.5, 0.6) is 0 Å². The maximum Gasteiger partial charge on any atom is 0.0468 e. The van der Waals surface area contributed by atoms with Crippen LogP contribution in [-0.4, -0.2) is 0 Å². The highest BCUT2D eigenvalue weighted by molar-refractivity contribution is 6.33. The van der Waals surface area contributed by atoms with Crippen LogP contribution in [0.15, 0.2) is 249 Å². The third-order valence-corrected chi connectivity index (χ3v) is 12.0. The summed E-state index contributed by atoms with van der Waals surface area (Å²) in [6, 6.07) is 90.4. The molecule has 0 saturated carbocycles. The van der Waals surface area contributed by atoms with E-state index in [1.165, 1.54) is 88.0 Å². The lowest BCUT2D eigenvalue weighted by Gasteiger charge is -2.27. The lowest BCUT2D eigenvalue weighted by atomic mass is 9.81. The molecular formula is C60H41N. The Balaban J connectivity index is 1.20.